The van der Waals surface area contributed by atoms with Gasteiger partial charge >= 0.3 is 0 Å². The largest absolute Gasteiger partial charge is 0.486 e. The first-order valence-electron chi connectivity index (χ1n) is 9.93. The van der Waals surface area contributed by atoms with Crippen LogP contribution in [0.5, 0.6) is 11.5 Å². The van der Waals surface area contributed by atoms with Gasteiger partial charge in [-0.2, -0.15) is 0 Å². The summed E-state index contributed by atoms with van der Waals surface area (Å²) in [6.45, 7) is 0.609. The van der Waals surface area contributed by atoms with E-state index < -0.39 is 0 Å². The van der Waals surface area contributed by atoms with Crippen LogP contribution in [0, 0.1) is 5.82 Å². The molecule has 0 unspecified atom stereocenters. The van der Waals surface area contributed by atoms with Gasteiger partial charge in [0.25, 0.3) is 5.56 Å². The molecule has 1 aromatic heterocycles. The van der Waals surface area contributed by atoms with E-state index in [1.807, 2.05) is 42.5 Å². The van der Waals surface area contributed by atoms with Gasteiger partial charge in [0.1, 0.15) is 12.4 Å². The van der Waals surface area contributed by atoms with Gasteiger partial charge in [-0.05, 0) is 35.9 Å². The molecule has 0 bridgehead atoms. The number of ether oxygens (including phenoxy) is 2. The molecular weight excluding hydrogens is 415 g/mol. The van der Waals surface area contributed by atoms with Crippen molar-refractivity contribution in [2.45, 2.75) is 23.6 Å². The summed E-state index contributed by atoms with van der Waals surface area (Å²) in [4.78, 5) is 18.0. The number of benzene rings is 3. The smallest absolute Gasteiger partial charge is 0.262 e. The number of hydrogen-bond donors (Lipinski definition) is 0. The number of nitrogens with zero attached hydrogens (tertiary/aromatic N) is 2. The predicted molar refractivity (Wildman–Crippen MR) is 118 cm³/mol. The Labute approximate surface area is 182 Å². The highest BCUT2D eigenvalue weighted by Gasteiger charge is 2.23. The van der Waals surface area contributed by atoms with E-state index in [2.05, 4.69) is 0 Å². The Hall–Kier alpha value is -3.32. The molecule has 156 valence electrons. The van der Waals surface area contributed by atoms with Gasteiger partial charge in [0, 0.05) is 5.75 Å². The lowest BCUT2D eigenvalue weighted by atomic mass is 10.2. The summed E-state index contributed by atoms with van der Waals surface area (Å²) >= 11 is 1.33. The van der Waals surface area contributed by atoms with E-state index in [9.17, 15) is 9.18 Å². The second kappa shape index (κ2) is 8.43. The number of para-hydroxylation sites is 3. The molecule has 0 spiro atoms. The first-order valence-corrected chi connectivity index (χ1v) is 10.9. The summed E-state index contributed by atoms with van der Waals surface area (Å²) in [7, 11) is 0. The maximum Gasteiger partial charge on any atom is 0.262 e. The molecule has 1 aliphatic heterocycles. The van der Waals surface area contributed by atoms with E-state index in [1.54, 1.807) is 28.8 Å². The lowest BCUT2D eigenvalue weighted by Crippen LogP contribution is -2.37. The van der Waals surface area contributed by atoms with Crippen LogP contribution < -0.4 is 15.0 Å². The fraction of sp³-hybridized carbons (Fsp3) is 0.167. The van der Waals surface area contributed by atoms with E-state index >= 15 is 0 Å². The lowest BCUT2D eigenvalue weighted by Gasteiger charge is -2.27. The summed E-state index contributed by atoms with van der Waals surface area (Å²) in [5.41, 5.74) is 1.03. The molecule has 0 fully saturated rings. The Morgan fingerprint density at radius 3 is 2.61 bits per heavy atom. The van der Waals surface area contributed by atoms with Crippen molar-refractivity contribution in [1.29, 1.82) is 0 Å². The fourth-order valence-electron chi connectivity index (χ4n) is 3.53. The first-order chi connectivity index (χ1) is 15.2. The summed E-state index contributed by atoms with van der Waals surface area (Å²) in [5.74, 6) is 1.44. The Kier molecular flexibility index (Phi) is 5.34. The molecular formula is C24H19FN2O3S. The minimum Gasteiger partial charge on any atom is -0.486 e. The predicted octanol–water partition coefficient (Wildman–Crippen LogP) is 4.67. The third kappa shape index (κ3) is 4.01. The van der Waals surface area contributed by atoms with Crippen LogP contribution in [-0.4, -0.2) is 22.3 Å². The second-order valence-electron chi connectivity index (χ2n) is 7.20. The molecule has 0 N–H and O–H groups in total. The van der Waals surface area contributed by atoms with Gasteiger partial charge in [-0.15, -0.1) is 0 Å². The molecule has 1 atom stereocenters. The number of aromatic nitrogens is 2. The van der Waals surface area contributed by atoms with Gasteiger partial charge in [-0.3, -0.25) is 9.36 Å². The van der Waals surface area contributed by atoms with Crippen LogP contribution in [0.3, 0.4) is 0 Å². The number of rotatable bonds is 5. The van der Waals surface area contributed by atoms with Crippen LogP contribution in [-0.2, 0) is 12.3 Å². The summed E-state index contributed by atoms with van der Waals surface area (Å²) < 4.78 is 27.6. The Balaban J connectivity index is 1.48. The van der Waals surface area contributed by atoms with E-state index in [-0.39, 0.29) is 24.0 Å². The normalized spacial score (nSPS) is 15.2. The van der Waals surface area contributed by atoms with E-state index in [4.69, 9.17) is 14.5 Å². The zero-order chi connectivity index (χ0) is 21.2. The molecule has 0 saturated heterocycles. The highest BCUT2D eigenvalue weighted by atomic mass is 32.2. The number of halogens is 1. The quantitative estimate of drug-likeness (QED) is 0.338. The minimum atomic E-state index is -0.344. The lowest BCUT2D eigenvalue weighted by molar-refractivity contribution is 0.0757. The highest BCUT2D eigenvalue weighted by molar-refractivity contribution is 7.98. The molecule has 5 rings (SSSR count). The molecule has 7 heteroatoms. The van der Waals surface area contributed by atoms with Crippen molar-refractivity contribution in [2.24, 2.45) is 0 Å². The molecule has 4 aromatic rings. The first kappa shape index (κ1) is 19.6. The van der Waals surface area contributed by atoms with E-state index in [0.717, 1.165) is 0 Å². The van der Waals surface area contributed by atoms with Crippen molar-refractivity contribution >= 4 is 22.7 Å². The van der Waals surface area contributed by atoms with E-state index in [1.165, 1.54) is 17.8 Å². The van der Waals surface area contributed by atoms with Gasteiger partial charge in [0.15, 0.2) is 22.8 Å². The Morgan fingerprint density at radius 2 is 1.74 bits per heavy atom. The third-order valence-electron chi connectivity index (χ3n) is 5.09. The van der Waals surface area contributed by atoms with Crippen LogP contribution >= 0.6 is 11.8 Å². The fourth-order valence-corrected chi connectivity index (χ4v) is 4.53. The second-order valence-corrected chi connectivity index (χ2v) is 8.15. The van der Waals surface area contributed by atoms with Crippen LogP contribution in [0.1, 0.15) is 5.56 Å². The molecule has 1 aliphatic rings. The number of thioether (sulfide) groups is 1. The van der Waals surface area contributed by atoms with Crippen LogP contribution in [0.25, 0.3) is 10.9 Å². The average Bonchev–Trinajstić information content (AvgIpc) is 2.80. The summed E-state index contributed by atoms with van der Waals surface area (Å²) in [6.07, 6.45) is -0.344. The van der Waals surface area contributed by atoms with Gasteiger partial charge in [0.2, 0.25) is 0 Å². The average molecular weight is 434 g/mol. The maximum absolute atomic E-state index is 14.1. The molecule has 0 amide bonds. The van der Waals surface area contributed by atoms with Crippen LogP contribution in [0.15, 0.2) is 82.7 Å². The van der Waals surface area contributed by atoms with Gasteiger partial charge in [-0.1, -0.05) is 54.2 Å². The third-order valence-corrected chi connectivity index (χ3v) is 6.12. The monoisotopic (exact) mass is 434 g/mol. The van der Waals surface area contributed by atoms with Crippen molar-refractivity contribution in [2.75, 3.05) is 6.61 Å². The summed E-state index contributed by atoms with van der Waals surface area (Å²) in [6, 6.07) is 21.3. The van der Waals surface area contributed by atoms with Crippen molar-refractivity contribution in [3.05, 3.63) is 94.5 Å². The van der Waals surface area contributed by atoms with E-state index in [0.29, 0.717) is 45.5 Å². The molecule has 3 aromatic carbocycles. The zero-order valence-electron chi connectivity index (χ0n) is 16.5. The zero-order valence-corrected chi connectivity index (χ0v) is 17.3. The summed E-state index contributed by atoms with van der Waals surface area (Å²) in [5, 5.41) is 1.06. The Morgan fingerprint density at radius 1 is 1.00 bits per heavy atom. The van der Waals surface area contributed by atoms with Gasteiger partial charge in [-0.25, -0.2) is 9.37 Å². The molecule has 31 heavy (non-hydrogen) atoms. The molecule has 2 heterocycles. The topological polar surface area (TPSA) is 53.4 Å². The van der Waals surface area contributed by atoms with Crippen LogP contribution in [0.2, 0.25) is 0 Å². The van der Waals surface area contributed by atoms with Crippen molar-refractivity contribution < 1.29 is 13.9 Å². The number of hydrogen-bond acceptors (Lipinski definition) is 5. The molecule has 5 nitrogen and oxygen atoms in total. The van der Waals surface area contributed by atoms with Gasteiger partial charge < -0.3 is 9.47 Å². The Bertz CT molecular complexity index is 1310. The van der Waals surface area contributed by atoms with Crippen molar-refractivity contribution in [3.63, 3.8) is 0 Å². The maximum atomic E-state index is 14.1. The minimum absolute atomic E-state index is 0.149. The standard InChI is InChI=1S/C24H19FN2O3S/c25-19-9-3-1-7-16(19)15-31-24-26-20-10-4-2-8-18(20)23(28)27(24)13-17-14-29-21-11-5-6-12-22(21)30-17/h1-12,17H,13-15H2/t17-/m0/s1. The molecule has 0 radical (unpaired) electrons. The SMILES string of the molecule is O=c1c2ccccc2nc(SCc2ccccc2F)n1C[C@H]1COc2ccccc2O1. The molecule has 0 saturated carbocycles. The van der Waals surface area contributed by atoms with Gasteiger partial charge in [0.05, 0.1) is 17.4 Å². The van der Waals surface area contributed by atoms with Crippen molar-refractivity contribution in [1.82, 2.24) is 9.55 Å². The van der Waals surface area contributed by atoms with Crippen LogP contribution in [0.4, 0.5) is 4.39 Å². The van der Waals surface area contributed by atoms with Crippen molar-refractivity contribution in [3.8, 4) is 11.5 Å². The highest BCUT2D eigenvalue weighted by Crippen LogP contribution is 2.31. The molecule has 0 aliphatic carbocycles. The number of fused-ring (bicyclic) bond motifs is 2.